The monoisotopic (exact) mass is 381 g/mol. The Morgan fingerprint density at radius 2 is 1.79 bits per heavy atom. The molecule has 1 saturated carbocycles. The number of carbonyl (C=O) groups excluding carboxylic acids is 3. The van der Waals surface area contributed by atoms with Gasteiger partial charge in [-0.1, -0.05) is 18.6 Å². The predicted molar refractivity (Wildman–Crippen MR) is 101 cm³/mol. The summed E-state index contributed by atoms with van der Waals surface area (Å²) < 4.78 is 6.69. The Bertz CT molecular complexity index is 1050. The van der Waals surface area contributed by atoms with Crippen LogP contribution in [0.15, 0.2) is 35.1 Å². The van der Waals surface area contributed by atoms with Gasteiger partial charge >= 0.3 is 5.97 Å². The summed E-state index contributed by atoms with van der Waals surface area (Å²) in [6.45, 7) is 0. The molecule has 8 heteroatoms. The van der Waals surface area contributed by atoms with Gasteiger partial charge in [-0.2, -0.15) is 0 Å². The zero-order chi connectivity index (χ0) is 19.8. The number of imide groups is 1. The summed E-state index contributed by atoms with van der Waals surface area (Å²) in [5.74, 6) is -2.08. The number of esters is 1. The highest BCUT2D eigenvalue weighted by Gasteiger charge is 2.32. The molecule has 8 nitrogen and oxygen atoms in total. The number of benzene rings is 1. The number of para-hydroxylation sites is 1. The van der Waals surface area contributed by atoms with E-state index in [1.165, 1.54) is 0 Å². The Morgan fingerprint density at radius 3 is 2.54 bits per heavy atom. The first-order valence-electron chi connectivity index (χ1n) is 9.19. The lowest BCUT2D eigenvalue weighted by Crippen LogP contribution is -2.27. The third kappa shape index (κ3) is 2.96. The van der Waals surface area contributed by atoms with Gasteiger partial charge in [0.2, 0.25) is 0 Å². The number of carbonyl (C=O) groups is 3. The largest absolute Gasteiger partial charge is 0.459 e. The van der Waals surface area contributed by atoms with Gasteiger partial charge in [-0.15, -0.1) is 0 Å². The Balaban J connectivity index is 1.78. The van der Waals surface area contributed by atoms with Crippen molar-refractivity contribution in [2.24, 2.45) is 0 Å². The van der Waals surface area contributed by atoms with E-state index in [1.54, 1.807) is 24.3 Å². The Labute approximate surface area is 160 Å². The van der Waals surface area contributed by atoms with Gasteiger partial charge in [0.25, 0.3) is 17.4 Å². The third-order valence-corrected chi connectivity index (χ3v) is 5.14. The maximum atomic E-state index is 12.8. The molecular weight excluding hydrogens is 362 g/mol. The Kier molecular flexibility index (Phi) is 4.46. The van der Waals surface area contributed by atoms with E-state index in [1.807, 2.05) is 0 Å². The van der Waals surface area contributed by atoms with E-state index in [-0.39, 0.29) is 34.3 Å². The molecule has 0 bridgehead atoms. The standard InChI is InChI=1S/C20H19N3O5/c21-17-16-13(18(25)22-19(16)26)10-15(24)23(17)14-9-5-4-8-12(14)20(27)28-11-6-2-1-3-7-11/h4-5,8-11H,1-3,6-7,21H2,(H,22,25,26). The molecule has 144 valence electrons. The maximum Gasteiger partial charge on any atom is 0.340 e. The van der Waals surface area contributed by atoms with Gasteiger partial charge in [-0.25, -0.2) is 4.79 Å². The highest BCUT2D eigenvalue weighted by molar-refractivity contribution is 6.23. The minimum absolute atomic E-state index is 0.0639. The topological polar surface area (TPSA) is 120 Å². The summed E-state index contributed by atoms with van der Waals surface area (Å²) in [4.78, 5) is 49.3. The highest BCUT2D eigenvalue weighted by atomic mass is 16.5. The van der Waals surface area contributed by atoms with Crippen molar-refractivity contribution in [3.05, 3.63) is 57.4 Å². The van der Waals surface area contributed by atoms with E-state index in [4.69, 9.17) is 10.5 Å². The van der Waals surface area contributed by atoms with Crippen LogP contribution in [0.2, 0.25) is 0 Å². The number of nitrogens with one attached hydrogen (secondary N) is 1. The third-order valence-electron chi connectivity index (χ3n) is 5.14. The summed E-state index contributed by atoms with van der Waals surface area (Å²) in [5, 5.41) is 2.12. The van der Waals surface area contributed by atoms with Crippen molar-refractivity contribution >= 4 is 23.6 Å². The minimum atomic E-state index is -0.673. The number of hydrogen-bond donors (Lipinski definition) is 2. The molecule has 2 amide bonds. The summed E-state index contributed by atoms with van der Waals surface area (Å²) in [6.07, 6.45) is 4.65. The van der Waals surface area contributed by atoms with Crippen molar-refractivity contribution in [1.82, 2.24) is 9.88 Å². The second kappa shape index (κ2) is 6.95. The van der Waals surface area contributed by atoms with Crippen LogP contribution in [0.4, 0.5) is 5.82 Å². The average molecular weight is 381 g/mol. The molecule has 0 atom stereocenters. The van der Waals surface area contributed by atoms with Gasteiger partial charge in [0.1, 0.15) is 11.9 Å². The molecule has 0 saturated heterocycles. The Hall–Kier alpha value is -3.42. The number of pyridine rings is 1. The molecule has 1 aliphatic heterocycles. The van der Waals surface area contributed by atoms with Crippen LogP contribution in [0.25, 0.3) is 5.69 Å². The van der Waals surface area contributed by atoms with E-state index in [2.05, 4.69) is 5.32 Å². The van der Waals surface area contributed by atoms with E-state index in [9.17, 15) is 19.2 Å². The molecule has 3 N–H and O–H groups in total. The highest BCUT2D eigenvalue weighted by Crippen LogP contribution is 2.26. The smallest absolute Gasteiger partial charge is 0.340 e. The van der Waals surface area contributed by atoms with Gasteiger partial charge in [0.05, 0.1) is 22.4 Å². The maximum absolute atomic E-state index is 12.8. The number of hydrogen-bond acceptors (Lipinski definition) is 6. The minimum Gasteiger partial charge on any atom is -0.459 e. The zero-order valence-electron chi connectivity index (χ0n) is 15.1. The van der Waals surface area contributed by atoms with Crippen molar-refractivity contribution in [2.75, 3.05) is 5.73 Å². The molecule has 2 heterocycles. The average Bonchev–Trinajstić information content (AvgIpc) is 2.96. The van der Waals surface area contributed by atoms with Crippen LogP contribution >= 0.6 is 0 Å². The number of fused-ring (bicyclic) bond motifs is 1. The molecule has 1 fully saturated rings. The van der Waals surface area contributed by atoms with Crippen LogP contribution < -0.4 is 16.6 Å². The molecule has 4 rings (SSSR count). The van der Waals surface area contributed by atoms with Gasteiger partial charge in [0, 0.05) is 6.07 Å². The van der Waals surface area contributed by atoms with Crippen LogP contribution in [0.3, 0.4) is 0 Å². The van der Waals surface area contributed by atoms with Gasteiger partial charge in [0.15, 0.2) is 0 Å². The summed E-state index contributed by atoms with van der Waals surface area (Å²) >= 11 is 0. The van der Waals surface area contributed by atoms with Gasteiger partial charge in [-0.05, 0) is 37.8 Å². The van der Waals surface area contributed by atoms with Crippen molar-refractivity contribution < 1.29 is 19.1 Å². The lowest BCUT2D eigenvalue weighted by atomic mass is 9.98. The fraction of sp³-hybridized carbons (Fsp3) is 0.300. The molecular formula is C20H19N3O5. The number of amides is 2. The molecule has 2 aromatic rings. The van der Waals surface area contributed by atoms with E-state index in [0.29, 0.717) is 0 Å². The number of nitrogens with two attached hydrogens (primary N) is 1. The SMILES string of the molecule is Nc1c2c(cc(=O)n1-c1ccccc1C(=O)OC1CCCCC1)C(=O)NC2=O. The number of anilines is 1. The lowest BCUT2D eigenvalue weighted by molar-refractivity contribution is 0.0211. The summed E-state index contributed by atoms with van der Waals surface area (Å²) in [6, 6.07) is 7.46. The van der Waals surface area contributed by atoms with Crippen LogP contribution in [-0.4, -0.2) is 28.5 Å². The number of aromatic nitrogens is 1. The fourth-order valence-corrected chi connectivity index (χ4v) is 3.77. The second-order valence-corrected chi connectivity index (χ2v) is 6.96. The van der Waals surface area contributed by atoms with E-state index >= 15 is 0 Å². The number of rotatable bonds is 3. The van der Waals surface area contributed by atoms with Gasteiger partial charge in [-0.3, -0.25) is 24.3 Å². The molecule has 0 radical (unpaired) electrons. The molecule has 1 aliphatic carbocycles. The van der Waals surface area contributed by atoms with Crippen LogP contribution in [0, 0.1) is 0 Å². The lowest BCUT2D eigenvalue weighted by Gasteiger charge is -2.22. The predicted octanol–water partition coefficient (Wildman–Crippen LogP) is 1.79. The number of ether oxygens (including phenoxy) is 1. The molecule has 1 aromatic carbocycles. The van der Waals surface area contributed by atoms with E-state index < -0.39 is 23.3 Å². The second-order valence-electron chi connectivity index (χ2n) is 6.96. The molecule has 0 unspecified atom stereocenters. The first-order valence-corrected chi connectivity index (χ1v) is 9.19. The first-order chi connectivity index (χ1) is 13.5. The van der Waals surface area contributed by atoms with Crippen molar-refractivity contribution in [3.63, 3.8) is 0 Å². The number of nitrogens with zero attached hydrogens (tertiary/aromatic N) is 1. The van der Waals surface area contributed by atoms with Crippen molar-refractivity contribution in [2.45, 2.75) is 38.2 Å². The van der Waals surface area contributed by atoms with E-state index in [0.717, 1.165) is 42.7 Å². The fourth-order valence-electron chi connectivity index (χ4n) is 3.77. The first kappa shape index (κ1) is 18.0. The molecule has 0 spiro atoms. The summed E-state index contributed by atoms with van der Waals surface area (Å²) in [5.41, 5.74) is 5.71. The van der Waals surface area contributed by atoms with Crippen molar-refractivity contribution in [1.29, 1.82) is 0 Å². The van der Waals surface area contributed by atoms with Gasteiger partial charge < -0.3 is 10.5 Å². The normalized spacial score (nSPS) is 16.6. The zero-order valence-corrected chi connectivity index (χ0v) is 15.1. The molecule has 2 aliphatic rings. The number of nitrogen functional groups attached to an aromatic ring is 1. The van der Waals surface area contributed by atoms with Crippen molar-refractivity contribution in [3.8, 4) is 5.69 Å². The summed E-state index contributed by atoms with van der Waals surface area (Å²) in [7, 11) is 0. The molecule has 28 heavy (non-hydrogen) atoms. The van der Waals surface area contributed by atoms with Crippen LogP contribution in [0.5, 0.6) is 0 Å². The van der Waals surface area contributed by atoms with Crippen LogP contribution in [-0.2, 0) is 4.74 Å². The van der Waals surface area contributed by atoms with Crippen LogP contribution in [0.1, 0.15) is 63.2 Å². The molecule has 1 aromatic heterocycles. The Morgan fingerprint density at radius 1 is 1.07 bits per heavy atom. The quantitative estimate of drug-likeness (QED) is 0.618.